The molecule has 1 aliphatic heterocycles. The summed E-state index contributed by atoms with van der Waals surface area (Å²) in [6.07, 6.45) is 2.01. The monoisotopic (exact) mass is 397 g/mol. The van der Waals surface area contributed by atoms with Crippen LogP contribution in [0.5, 0.6) is 0 Å². The van der Waals surface area contributed by atoms with Gasteiger partial charge >= 0.3 is 0 Å². The number of aromatic carboxylic acids is 1. The third-order valence-electron chi connectivity index (χ3n) is 4.59. The minimum atomic E-state index is -3.97. The number of hydrogen-bond acceptors (Lipinski definition) is 7. The Morgan fingerprint density at radius 3 is 2.18 bits per heavy atom. The highest BCUT2D eigenvalue weighted by molar-refractivity contribution is 7.92. The minimum Gasteiger partial charge on any atom is -0.545 e. The van der Waals surface area contributed by atoms with E-state index in [2.05, 4.69) is 14.7 Å². The van der Waals surface area contributed by atoms with Crippen molar-refractivity contribution < 1.29 is 18.3 Å². The zero-order valence-electron chi connectivity index (χ0n) is 14.8. The molecule has 0 radical (unpaired) electrons. The summed E-state index contributed by atoms with van der Waals surface area (Å²) < 4.78 is 28.2. The van der Waals surface area contributed by atoms with Gasteiger partial charge in [0.05, 0.1) is 21.9 Å². The van der Waals surface area contributed by atoms with Crippen LogP contribution in [-0.2, 0) is 10.0 Å². The first kappa shape index (κ1) is 18.2. The zero-order valence-corrected chi connectivity index (χ0v) is 15.6. The summed E-state index contributed by atoms with van der Waals surface area (Å²) in [6.45, 7) is 1.56. The topological polar surface area (TPSA) is 115 Å². The number of para-hydroxylation sites is 2. The van der Waals surface area contributed by atoms with E-state index < -0.39 is 16.0 Å². The first-order valence-corrected chi connectivity index (χ1v) is 10.3. The van der Waals surface area contributed by atoms with E-state index in [1.807, 2.05) is 23.1 Å². The van der Waals surface area contributed by atoms with Crippen LogP contribution in [0.1, 0.15) is 23.2 Å². The van der Waals surface area contributed by atoms with Gasteiger partial charge in [0.25, 0.3) is 10.0 Å². The number of hydrogen-bond donors (Lipinski definition) is 1. The Morgan fingerprint density at radius 2 is 1.57 bits per heavy atom. The Bertz CT molecular complexity index is 1140. The lowest BCUT2D eigenvalue weighted by Gasteiger charge is -2.20. The number of benzene rings is 2. The number of nitrogens with one attached hydrogen (secondary N) is 1. The molecule has 0 aliphatic carbocycles. The van der Waals surface area contributed by atoms with Crippen molar-refractivity contribution in [3.05, 3.63) is 54.1 Å². The summed E-state index contributed by atoms with van der Waals surface area (Å²) in [7, 11) is -3.97. The first-order chi connectivity index (χ1) is 13.4. The predicted octanol–water partition coefficient (Wildman–Crippen LogP) is 1.39. The van der Waals surface area contributed by atoms with E-state index >= 15 is 0 Å². The molecule has 9 heteroatoms. The number of carboxylic acids is 1. The Hall–Kier alpha value is -3.20. The molecule has 1 aromatic heterocycles. The quantitative estimate of drug-likeness (QED) is 0.692. The molecule has 0 bridgehead atoms. The molecular weight excluding hydrogens is 380 g/mol. The lowest BCUT2D eigenvalue weighted by atomic mass is 10.2. The summed E-state index contributed by atoms with van der Waals surface area (Å²) in [6, 6.07) is 12.1. The standard InChI is InChI=1S/C19H18N4O4S/c24-19(25)13-7-9-14(10-8-13)28(26,27)22-17-18(23-11-3-4-12-23)21-16-6-2-1-5-15(16)20-17/h1-2,5-10H,3-4,11-12H2,(H,20,22)(H,24,25)/p-1. The number of carboxylic acid groups (broad SMARTS) is 1. The molecule has 28 heavy (non-hydrogen) atoms. The van der Waals surface area contributed by atoms with Gasteiger partial charge in [-0.1, -0.05) is 24.3 Å². The third kappa shape index (κ3) is 3.48. The maximum atomic E-state index is 12.8. The van der Waals surface area contributed by atoms with Crippen molar-refractivity contribution in [2.24, 2.45) is 0 Å². The van der Waals surface area contributed by atoms with Crippen molar-refractivity contribution in [3.63, 3.8) is 0 Å². The molecule has 2 aromatic carbocycles. The number of aromatic nitrogens is 2. The van der Waals surface area contributed by atoms with Crippen LogP contribution in [0, 0.1) is 0 Å². The van der Waals surface area contributed by atoms with Gasteiger partial charge in [0.2, 0.25) is 0 Å². The molecule has 1 N–H and O–H groups in total. The fourth-order valence-corrected chi connectivity index (χ4v) is 4.17. The van der Waals surface area contributed by atoms with Gasteiger partial charge in [0.1, 0.15) is 0 Å². The number of anilines is 2. The van der Waals surface area contributed by atoms with Crippen LogP contribution < -0.4 is 14.7 Å². The molecule has 0 saturated carbocycles. The van der Waals surface area contributed by atoms with E-state index in [-0.39, 0.29) is 16.3 Å². The molecule has 1 fully saturated rings. The van der Waals surface area contributed by atoms with Crippen molar-refractivity contribution in [2.45, 2.75) is 17.7 Å². The number of carbonyl (C=O) groups is 1. The molecule has 8 nitrogen and oxygen atoms in total. The van der Waals surface area contributed by atoms with Crippen molar-refractivity contribution in [3.8, 4) is 0 Å². The highest BCUT2D eigenvalue weighted by Gasteiger charge is 2.23. The van der Waals surface area contributed by atoms with Crippen LogP contribution in [-0.4, -0.2) is 37.4 Å². The van der Waals surface area contributed by atoms with E-state index in [9.17, 15) is 18.3 Å². The van der Waals surface area contributed by atoms with Crippen LogP contribution in [0.3, 0.4) is 0 Å². The van der Waals surface area contributed by atoms with Gasteiger partial charge in [-0.05, 0) is 42.7 Å². The van der Waals surface area contributed by atoms with Crippen LogP contribution in [0.4, 0.5) is 11.6 Å². The van der Waals surface area contributed by atoms with Crippen LogP contribution in [0.15, 0.2) is 53.4 Å². The van der Waals surface area contributed by atoms with E-state index in [0.29, 0.717) is 16.9 Å². The second kappa shape index (κ2) is 7.08. The Balaban J connectivity index is 1.74. The molecule has 4 rings (SSSR count). The normalized spacial score (nSPS) is 14.4. The molecule has 0 amide bonds. The maximum Gasteiger partial charge on any atom is 0.263 e. The summed E-state index contributed by atoms with van der Waals surface area (Å²) in [4.78, 5) is 21.9. The summed E-state index contributed by atoms with van der Waals surface area (Å²) in [5.74, 6) is -0.718. The Labute approximate surface area is 161 Å². The predicted molar refractivity (Wildman–Crippen MR) is 103 cm³/mol. The molecule has 2 heterocycles. The van der Waals surface area contributed by atoms with Gasteiger partial charge in [0.15, 0.2) is 11.6 Å². The average molecular weight is 397 g/mol. The second-order valence-electron chi connectivity index (χ2n) is 6.50. The lowest BCUT2D eigenvalue weighted by Crippen LogP contribution is -2.24. The smallest absolute Gasteiger partial charge is 0.263 e. The highest BCUT2D eigenvalue weighted by Crippen LogP contribution is 2.29. The number of fused-ring (bicyclic) bond motifs is 1. The molecule has 3 aromatic rings. The number of carbonyl (C=O) groups excluding carboxylic acids is 1. The number of rotatable bonds is 5. The summed E-state index contributed by atoms with van der Waals surface area (Å²) >= 11 is 0. The molecular formula is C19H17N4O4S-. The van der Waals surface area contributed by atoms with Gasteiger partial charge in [0, 0.05) is 13.1 Å². The van der Waals surface area contributed by atoms with Crippen LogP contribution in [0.25, 0.3) is 11.0 Å². The first-order valence-electron chi connectivity index (χ1n) is 8.80. The lowest BCUT2D eigenvalue weighted by molar-refractivity contribution is -0.255. The van der Waals surface area contributed by atoms with Gasteiger partial charge in [-0.3, -0.25) is 4.72 Å². The van der Waals surface area contributed by atoms with Crippen molar-refractivity contribution in [1.82, 2.24) is 9.97 Å². The fourth-order valence-electron chi connectivity index (χ4n) is 3.16. The Morgan fingerprint density at radius 1 is 0.964 bits per heavy atom. The van der Waals surface area contributed by atoms with E-state index in [4.69, 9.17) is 0 Å². The molecule has 1 saturated heterocycles. The molecule has 1 aliphatic rings. The van der Waals surface area contributed by atoms with Gasteiger partial charge in [-0.25, -0.2) is 18.4 Å². The molecule has 144 valence electrons. The van der Waals surface area contributed by atoms with E-state index in [0.717, 1.165) is 25.9 Å². The molecule has 0 spiro atoms. The van der Waals surface area contributed by atoms with Crippen LogP contribution in [0.2, 0.25) is 0 Å². The number of sulfonamides is 1. The van der Waals surface area contributed by atoms with E-state index in [1.165, 1.54) is 24.3 Å². The fraction of sp³-hybridized carbons (Fsp3) is 0.211. The van der Waals surface area contributed by atoms with Gasteiger partial charge < -0.3 is 14.8 Å². The highest BCUT2D eigenvalue weighted by atomic mass is 32.2. The van der Waals surface area contributed by atoms with Crippen molar-refractivity contribution in [1.29, 1.82) is 0 Å². The molecule has 0 unspecified atom stereocenters. The van der Waals surface area contributed by atoms with Gasteiger partial charge in [-0.15, -0.1) is 0 Å². The summed E-state index contributed by atoms with van der Waals surface area (Å²) in [5.41, 5.74) is 1.17. The largest absolute Gasteiger partial charge is 0.545 e. The molecule has 0 atom stereocenters. The van der Waals surface area contributed by atoms with Crippen molar-refractivity contribution in [2.75, 3.05) is 22.7 Å². The average Bonchev–Trinajstić information content (AvgIpc) is 3.22. The minimum absolute atomic E-state index is 0.0696. The van der Waals surface area contributed by atoms with E-state index in [1.54, 1.807) is 6.07 Å². The van der Waals surface area contributed by atoms with Crippen LogP contribution >= 0.6 is 0 Å². The SMILES string of the molecule is O=C([O-])c1ccc(S(=O)(=O)Nc2nc3ccccc3nc2N2CCCC2)cc1. The van der Waals surface area contributed by atoms with Gasteiger partial charge in [-0.2, -0.15) is 0 Å². The maximum absolute atomic E-state index is 12.8. The number of nitrogens with zero attached hydrogens (tertiary/aromatic N) is 3. The third-order valence-corrected chi connectivity index (χ3v) is 5.94. The zero-order chi connectivity index (χ0) is 19.7. The van der Waals surface area contributed by atoms with Crippen molar-refractivity contribution >= 4 is 38.7 Å². The second-order valence-corrected chi connectivity index (χ2v) is 8.18. The Kier molecular flexibility index (Phi) is 4.60. The summed E-state index contributed by atoms with van der Waals surface area (Å²) in [5, 5.41) is 10.9.